The highest BCUT2D eigenvalue weighted by Crippen LogP contribution is 2.37. The Morgan fingerprint density at radius 3 is 2.32 bits per heavy atom. The van der Waals surface area contributed by atoms with Crippen LogP contribution in [-0.2, 0) is 14.1 Å². The van der Waals surface area contributed by atoms with Crippen LogP contribution in [0, 0.1) is 5.41 Å². The van der Waals surface area contributed by atoms with Gasteiger partial charge in [-0.25, -0.2) is 4.79 Å². The van der Waals surface area contributed by atoms with Gasteiger partial charge < -0.3 is 4.57 Å². The van der Waals surface area contributed by atoms with Crippen molar-refractivity contribution in [3.8, 4) is 0 Å². The Bertz CT molecular complexity index is 619. The second kappa shape index (κ2) is 4.79. The summed E-state index contributed by atoms with van der Waals surface area (Å²) in [7, 11) is 2.96. The Hall–Kier alpha value is -1.65. The lowest BCUT2D eigenvalue weighted by Gasteiger charge is -2.31. The fourth-order valence-electron chi connectivity index (χ4n) is 2.85. The summed E-state index contributed by atoms with van der Waals surface area (Å²) in [6.45, 7) is 1.93. The molecule has 0 aliphatic heterocycles. The molecule has 1 aromatic heterocycles. The number of Topliss-reactive ketones (excluding diaryl/α,β-unsaturated/α-hetero) is 1. The largest absolute Gasteiger partial charge is 0.330 e. The van der Waals surface area contributed by atoms with Crippen molar-refractivity contribution in [1.82, 2.24) is 9.13 Å². The molecule has 0 atom stereocenters. The molecule has 0 bridgehead atoms. The molecule has 104 valence electrons. The SMILES string of the molecule is Cn1cc(C(=O)C2(C)CCCCC2)c(=O)n(C)c1=O. The van der Waals surface area contributed by atoms with Crippen molar-refractivity contribution < 1.29 is 4.79 Å². The van der Waals surface area contributed by atoms with Gasteiger partial charge in [0, 0.05) is 25.7 Å². The molecule has 0 N–H and O–H groups in total. The van der Waals surface area contributed by atoms with Crippen LogP contribution in [0.5, 0.6) is 0 Å². The molecule has 1 saturated carbocycles. The first-order valence-corrected chi connectivity index (χ1v) is 6.68. The average molecular weight is 264 g/mol. The minimum absolute atomic E-state index is 0.122. The summed E-state index contributed by atoms with van der Waals surface area (Å²) in [6, 6.07) is 0. The highest BCUT2D eigenvalue weighted by atomic mass is 16.2. The lowest BCUT2D eigenvalue weighted by atomic mass is 9.71. The van der Waals surface area contributed by atoms with Gasteiger partial charge in [0.15, 0.2) is 5.78 Å². The highest BCUT2D eigenvalue weighted by Gasteiger charge is 2.36. The second-order valence-corrected chi connectivity index (χ2v) is 5.75. The van der Waals surface area contributed by atoms with Gasteiger partial charge in [-0.3, -0.25) is 14.2 Å². The molecule has 2 rings (SSSR count). The number of aryl methyl sites for hydroxylation is 1. The number of nitrogens with zero attached hydrogens (tertiary/aromatic N) is 2. The number of hydrogen-bond acceptors (Lipinski definition) is 3. The fraction of sp³-hybridized carbons (Fsp3) is 0.643. The summed E-state index contributed by atoms with van der Waals surface area (Å²) >= 11 is 0. The van der Waals surface area contributed by atoms with Crippen molar-refractivity contribution in [1.29, 1.82) is 0 Å². The molecular weight excluding hydrogens is 244 g/mol. The van der Waals surface area contributed by atoms with Gasteiger partial charge in [0.2, 0.25) is 0 Å². The van der Waals surface area contributed by atoms with E-state index in [1.807, 2.05) is 6.92 Å². The molecule has 1 aromatic rings. The molecule has 0 spiro atoms. The van der Waals surface area contributed by atoms with E-state index < -0.39 is 16.7 Å². The van der Waals surface area contributed by atoms with E-state index in [0.29, 0.717) is 0 Å². The van der Waals surface area contributed by atoms with E-state index >= 15 is 0 Å². The van der Waals surface area contributed by atoms with E-state index in [-0.39, 0.29) is 11.3 Å². The van der Waals surface area contributed by atoms with E-state index in [2.05, 4.69) is 0 Å². The van der Waals surface area contributed by atoms with Crippen molar-refractivity contribution in [2.24, 2.45) is 19.5 Å². The van der Waals surface area contributed by atoms with Gasteiger partial charge in [0.05, 0.1) is 5.56 Å². The van der Waals surface area contributed by atoms with Crippen molar-refractivity contribution in [3.63, 3.8) is 0 Å². The van der Waals surface area contributed by atoms with E-state index in [9.17, 15) is 14.4 Å². The third-order valence-corrected chi connectivity index (χ3v) is 4.20. The van der Waals surface area contributed by atoms with Crippen molar-refractivity contribution >= 4 is 5.78 Å². The minimum Gasteiger partial charge on any atom is -0.303 e. The first-order valence-electron chi connectivity index (χ1n) is 6.68. The molecule has 1 aliphatic rings. The first-order chi connectivity index (χ1) is 8.87. The summed E-state index contributed by atoms with van der Waals surface area (Å²) in [5.74, 6) is -0.122. The van der Waals surface area contributed by atoms with E-state index in [4.69, 9.17) is 0 Å². The van der Waals surface area contributed by atoms with Crippen LogP contribution in [-0.4, -0.2) is 14.9 Å². The Kier molecular flexibility index (Phi) is 3.47. The maximum Gasteiger partial charge on any atom is 0.330 e. The van der Waals surface area contributed by atoms with Crippen LogP contribution in [0.4, 0.5) is 0 Å². The Morgan fingerprint density at radius 2 is 1.74 bits per heavy atom. The van der Waals surface area contributed by atoms with Crippen LogP contribution in [0.25, 0.3) is 0 Å². The van der Waals surface area contributed by atoms with Gasteiger partial charge in [0.25, 0.3) is 5.56 Å². The molecule has 1 aliphatic carbocycles. The van der Waals surface area contributed by atoms with Crippen molar-refractivity contribution in [3.05, 3.63) is 32.6 Å². The summed E-state index contributed by atoms with van der Waals surface area (Å²) < 4.78 is 2.29. The Morgan fingerprint density at radius 1 is 1.16 bits per heavy atom. The highest BCUT2D eigenvalue weighted by molar-refractivity contribution is 5.99. The minimum atomic E-state index is -0.486. The van der Waals surface area contributed by atoms with Crippen LogP contribution < -0.4 is 11.2 Å². The number of hydrogen-bond donors (Lipinski definition) is 0. The molecule has 0 unspecified atom stereocenters. The maximum absolute atomic E-state index is 12.6. The molecule has 0 aromatic carbocycles. The molecule has 1 heterocycles. The summed E-state index contributed by atoms with van der Waals surface area (Å²) in [4.78, 5) is 36.4. The average Bonchev–Trinajstić information content (AvgIpc) is 2.40. The Labute approximate surface area is 111 Å². The molecule has 1 fully saturated rings. The number of ketones is 1. The molecule has 5 heteroatoms. The molecule has 0 saturated heterocycles. The zero-order chi connectivity index (χ0) is 14.2. The molecule has 5 nitrogen and oxygen atoms in total. The smallest absolute Gasteiger partial charge is 0.303 e. The summed E-state index contributed by atoms with van der Waals surface area (Å²) in [5.41, 5.74) is -1.22. The summed E-state index contributed by atoms with van der Waals surface area (Å²) in [6.07, 6.45) is 6.21. The second-order valence-electron chi connectivity index (χ2n) is 5.75. The van der Waals surface area contributed by atoms with E-state index in [1.165, 1.54) is 17.8 Å². The monoisotopic (exact) mass is 264 g/mol. The van der Waals surface area contributed by atoms with E-state index in [1.54, 1.807) is 7.05 Å². The van der Waals surface area contributed by atoms with Crippen LogP contribution in [0.15, 0.2) is 15.8 Å². The molecule has 0 amide bonds. The van der Waals surface area contributed by atoms with Crippen molar-refractivity contribution in [2.45, 2.75) is 39.0 Å². The number of rotatable bonds is 2. The standard InChI is InChI=1S/C14H20N2O3/c1-14(7-5-4-6-8-14)11(17)10-9-15(2)13(19)16(3)12(10)18/h9H,4-8H2,1-3H3. The normalized spacial score (nSPS) is 18.3. The Balaban J connectivity index is 2.51. The third kappa shape index (κ3) is 2.29. The first kappa shape index (κ1) is 13.8. The molecule has 19 heavy (non-hydrogen) atoms. The van der Waals surface area contributed by atoms with Crippen LogP contribution in [0.1, 0.15) is 49.4 Å². The number of aromatic nitrogens is 2. The van der Waals surface area contributed by atoms with Gasteiger partial charge in [0.1, 0.15) is 0 Å². The van der Waals surface area contributed by atoms with Gasteiger partial charge in [-0.2, -0.15) is 0 Å². The molecular formula is C14H20N2O3. The lowest BCUT2D eigenvalue weighted by molar-refractivity contribution is 0.0746. The summed E-state index contributed by atoms with van der Waals surface area (Å²) in [5, 5.41) is 0. The maximum atomic E-state index is 12.6. The van der Waals surface area contributed by atoms with Crippen LogP contribution in [0.2, 0.25) is 0 Å². The predicted octanol–water partition coefficient (Wildman–Crippen LogP) is 1.24. The predicted molar refractivity (Wildman–Crippen MR) is 72.4 cm³/mol. The molecule has 0 radical (unpaired) electrons. The van der Waals surface area contributed by atoms with Gasteiger partial charge in [-0.1, -0.05) is 26.2 Å². The fourth-order valence-corrected chi connectivity index (χ4v) is 2.85. The van der Waals surface area contributed by atoms with Gasteiger partial charge >= 0.3 is 5.69 Å². The lowest BCUT2D eigenvalue weighted by Crippen LogP contribution is -2.42. The van der Waals surface area contributed by atoms with Crippen molar-refractivity contribution in [2.75, 3.05) is 0 Å². The topological polar surface area (TPSA) is 61.1 Å². The zero-order valence-corrected chi connectivity index (χ0v) is 11.7. The number of carbonyl (C=O) groups is 1. The van der Waals surface area contributed by atoms with Gasteiger partial charge in [-0.15, -0.1) is 0 Å². The third-order valence-electron chi connectivity index (χ3n) is 4.20. The zero-order valence-electron chi connectivity index (χ0n) is 11.7. The van der Waals surface area contributed by atoms with Crippen LogP contribution in [0.3, 0.4) is 0 Å². The van der Waals surface area contributed by atoms with Gasteiger partial charge in [-0.05, 0) is 12.8 Å². The van der Waals surface area contributed by atoms with Crippen LogP contribution >= 0.6 is 0 Å². The quantitative estimate of drug-likeness (QED) is 0.755. The number of carbonyl (C=O) groups excluding carboxylic acids is 1. The van der Waals surface area contributed by atoms with E-state index in [0.717, 1.165) is 36.7 Å².